The maximum absolute atomic E-state index is 14.0. The molecular formula is C24H29F2N7O3. The summed E-state index contributed by atoms with van der Waals surface area (Å²) in [6, 6.07) is 7.98. The summed E-state index contributed by atoms with van der Waals surface area (Å²) in [5.41, 5.74) is 0.955. The van der Waals surface area contributed by atoms with Gasteiger partial charge >= 0.3 is 0 Å². The molecule has 0 bridgehead atoms. The largest absolute Gasteiger partial charge is 0.380 e. The maximum atomic E-state index is 14.0. The number of amides is 1. The molecule has 2 saturated heterocycles. The molecule has 0 spiro atoms. The number of anilines is 2. The van der Waals surface area contributed by atoms with Gasteiger partial charge in [0.25, 0.3) is 6.43 Å². The van der Waals surface area contributed by atoms with Crippen LogP contribution in [0.2, 0.25) is 0 Å². The Morgan fingerprint density at radius 3 is 2.61 bits per heavy atom. The first kappa shape index (κ1) is 24.3. The van der Waals surface area contributed by atoms with Gasteiger partial charge in [-0.25, -0.2) is 13.8 Å². The van der Waals surface area contributed by atoms with Gasteiger partial charge < -0.3 is 24.6 Å². The SMILES string of the molecule is COC1CCN(C(=O)[C@H](C)Nc2nc(N3CCOCC3)cc(-n3c(C(F)F)nc4ccccc43)n2)C1. The number of aromatic nitrogens is 4. The molecule has 3 aromatic rings. The fourth-order valence-electron chi connectivity index (χ4n) is 4.64. The summed E-state index contributed by atoms with van der Waals surface area (Å²) in [6.07, 6.45) is -2.00. The third-order valence-corrected chi connectivity index (χ3v) is 6.55. The number of hydrogen-bond donors (Lipinski definition) is 1. The Kier molecular flexibility index (Phi) is 6.97. The van der Waals surface area contributed by atoms with Crippen LogP contribution >= 0.6 is 0 Å². The van der Waals surface area contributed by atoms with Crippen LogP contribution in [0.4, 0.5) is 20.5 Å². The number of nitrogens with one attached hydrogen (secondary N) is 1. The van der Waals surface area contributed by atoms with Gasteiger partial charge in [0.1, 0.15) is 17.7 Å². The Morgan fingerprint density at radius 1 is 1.14 bits per heavy atom. The monoisotopic (exact) mass is 501 g/mol. The standard InChI is InChI=1S/C24H29F2N7O3/c1-15(23(34)32-8-7-16(14-32)35-2)27-24-29-19(31-9-11-36-12-10-31)13-20(30-24)33-18-6-4-3-5-17(18)28-22(33)21(25)26/h3-6,13,15-16,21H,7-12,14H2,1-2H3,(H,27,29,30)/t15-,16?/m0/s1. The number of carbonyl (C=O) groups is 1. The number of carbonyl (C=O) groups excluding carboxylic acids is 1. The molecule has 192 valence electrons. The van der Waals surface area contributed by atoms with Crippen molar-refractivity contribution in [3.63, 3.8) is 0 Å². The second kappa shape index (κ2) is 10.3. The fraction of sp³-hybridized carbons (Fsp3) is 0.500. The molecule has 1 unspecified atom stereocenters. The average Bonchev–Trinajstić information content (AvgIpc) is 3.54. The number of hydrogen-bond acceptors (Lipinski definition) is 8. The predicted molar refractivity (Wildman–Crippen MR) is 130 cm³/mol. The molecule has 2 aliphatic heterocycles. The van der Waals surface area contributed by atoms with Crippen molar-refractivity contribution in [2.24, 2.45) is 0 Å². The second-order valence-corrected chi connectivity index (χ2v) is 8.90. The molecule has 2 fully saturated rings. The molecule has 2 aromatic heterocycles. The van der Waals surface area contributed by atoms with E-state index in [1.807, 2.05) is 4.90 Å². The van der Waals surface area contributed by atoms with Crippen molar-refractivity contribution in [2.45, 2.75) is 31.9 Å². The highest BCUT2D eigenvalue weighted by Gasteiger charge is 2.30. The summed E-state index contributed by atoms with van der Waals surface area (Å²) in [6.45, 7) is 5.14. The highest BCUT2D eigenvalue weighted by Crippen LogP contribution is 2.29. The van der Waals surface area contributed by atoms with Crippen LogP contribution in [0.5, 0.6) is 0 Å². The van der Waals surface area contributed by atoms with E-state index in [1.165, 1.54) is 4.57 Å². The van der Waals surface area contributed by atoms with Crippen LogP contribution in [0.25, 0.3) is 16.9 Å². The van der Waals surface area contributed by atoms with Crippen molar-refractivity contribution in [2.75, 3.05) is 56.7 Å². The molecule has 5 rings (SSSR count). The minimum absolute atomic E-state index is 0.0240. The molecular weight excluding hydrogens is 472 g/mol. The highest BCUT2D eigenvalue weighted by molar-refractivity contribution is 5.84. The van der Waals surface area contributed by atoms with E-state index in [1.54, 1.807) is 49.3 Å². The van der Waals surface area contributed by atoms with E-state index in [2.05, 4.69) is 20.3 Å². The van der Waals surface area contributed by atoms with Gasteiger partial charge in [0.15, 0.2) is 5.82 Å². The van der Waals surface area contributed by atoms with Crippen molar-refractivity contribution in [1.29, 1.82) is 0 Å². The van der Waals surface area contributed by atoms with E-state index in [9.17, 15) is 13.6 Å². The maximum Gasteiger partial charge on any atom is 0.296 e. The number of benzene rings is 1. The Hall–Kier alpha value is -3.38. The van der Waals surface area contributed by atoms with Crippen molar-refractivity contribution >= 4 is 28.7 Å². The van der Waals surface area contributed by atoms with E-state index in [4.69, 9.17) is 9.47 Å². The summed E-state index contributed by atoms with van der Waals surface area (Å²) >= 11 is 0. The number of likely N-dealkylation sites (tertiary alicyclic amines) is 1. The molecule has 2 atom stereocenters. The molecule has 0 radical (unpaired) electrons. The molecule has 2 aliphatic rings. The van der Waals surface area contributed by atoms with E-state index in [-0.39, 0.29) is 23.8 Å². The number of methoxy groups -OCH3 is 1. The van der Waals surface area contributed by atoms with Crippen LogP contribution in [-0.4, -0.2) is 89.0 Å². The highest BCUT2D eigenvalue weighted by atomic mass is 19.3. The summed E-state index contributed by atoms with van der Waals surface area (Å²) in [7, 11) is 1.64. The number of rotatable bonds is 7. The van der Waals surface area contributed by atoms with Gasteiger partial charge in [0.2, 0.25) is 11.9 Å². The van der Waals surface area contributed by atoms with Gasteiger partial charge in [-0.2, -0.15) is 9.97 Å². The Bertz CT molecular complexity index is 1230. The number of morpholine rings is 1. The molecule has 1 aromatic carbocycles. The van der Waals surface area contributed by atoms with Gasteiger partial charge in [0, 0.05) is 39.4 Å². The first-order valence-corrected chi connectivity index (χ1v) is 12.0. The van der Waals surface area contributed by atoms with Crippen LogP contribution in [-0.2, 0) is 14.3 Å². The summed E-state index contributed by atoms with van der Waals surface area (Å²) in [5.74, 6) is 0.482. The Balaban J connectivity index is 1.52. The number of halogens is 2. The van der Waals surface area contributed by atoms with Crippen molar-refractivity contribution in [3.8, 4) is 5.82 Å². The smallest absolute Gasteiger partial charge is 0.296 e. The van der Waals surface area contributed by atoms with Crippen molar-refractivity contribution in [1.82, 2.24) is 24.4 Å². The molecule has 1 N–H and O–H groups in total. The van der Waals surface area contributed by atoms with E-state index >= 15 is 0 Å². The topological polar surface area (TPSA) is 97.6 Å². The van der Waals surface area contributed by atoms with Crippen LogP contribution in [0, 0.1) is 0 Å². The predicted octanol–water partition coefficient (Wildman–Crippen LogP) is 2.64. The minimum atomic E-state index is -2.81. The lowest BCUT2D eigenvalue weighted by Gasteiger charge is -2.29. The van der Waals surface area contributed by atoms with Crippen LogP contribution < -0.4 is 10.2 Å². The van der Waals surface area contributed by atoms with E-state index < -0.39 is 18.3 Å². The zero-order valence-electron chi connectivity index (χ0n) is 20.2. The Labute approximate surface area is 207 Å². The summed E-state index contributed by atoms with van der Waals surface area (Å²) in [4.78, 5) is 30.1. The molecule has 0 aliphatic carbocycles. The lowest BCUT2D eigenvalue weighted by molar-refractivity contribution is -0.131. The lowest BCUT2D eigenvalue weighted by atomic mass is 10.3. The molecule has 4 heterocycles. The quantitative estimate of drug-likeness (QED) is 0.528. The molecule has 1 amide bonds. The second-order valence-electron chi connectivity index (χ2n) is 8.90. The first-order valence-electron chi connectivity index (χ1n) is 12.0. The van der Waals surface area contributed by atoms with Gasteiger partial charge in [-0.05, 0) is 25.5 Å². The minimum Gasteiger partial charge on any atom is -0.380 e. The molecule has 10 nitrogen and oxygen atoms in total. The molecule has 36 heavy (non-hydrogen) atoms. The average molecular weight is 502 g/mol. The van der Waals surface area contributed by atoms with Crippen molar-refractivity contribution < 1.29 is 23.0 Å². The molecule has 12 heteroatoms. The number of alkyl halides is 2. The van der Waals surface area contributed by atoms with Gasteiger partial charge in [0.05, 0.1) is 30.4 Å². The Morgan fingerprint density at radius 2 is 1.89 bits per heavy atom. The van der Waals surface area contributed by atoms with Crippen LogP contribution in [0.3, 0.4) is 0 Å². The van der Waals surface area contributed by atoms with E-state index in [0.717, 1.165) is 6.42 Å². The summed E-state index contributed by atoms with van der Waals surface area (Å²) in [5, 5.41) is 3.10. The molecule has 0 saturated carbocycles. The number of imidazole rings is 1. The van der Waals surface area contributed by atoms with Crippen LogP contribution in [0.1, 0.15) is 25.6 Å². The first-order chi connectivity index (χ1) is 17.4. The zero-order chi connectivity index (χ0) is 25.2. The third-order valence-electron chi connectivity index (χ3n) is 6.55. The van der Waals surface area contributed by atoms with Crippen molar-refractivity contribution in [3.05, 3.63) is 36.2 Å². The number of nitrogens with zero attached hydrogens (tertiary/aromatic N) is 6. The van der Waals surface area contributed by atoms with Gasteiger partial charge in [-0.15, -0.1) is 0 Å². The normalized spacial score (nSPS) is 19.3. The number of ether oxygens (including phenoxy) is 2. The number of para-hydroxylation sites is 2. The van der Waals surface area contributed by atoms with Gasteiger partial charge in [-0.1, -0.05) is 12.1 Å². The van der Waals surface area contributed by atoms with Gasteiger partial charge in [-0.3, -0.25) is 9.36 Å². The number of fused-ring (bicyclic) bond motifs is 1. The summed E-state index contributed by atoms with van der Waals surface area (Å²) < 4.78 is 40.2. The zero-order valence-corrected chi connectivity index (χ0v) is 20.2. The third kappa shape index (κ3) is 4.82. The fourth-order valence-corrected chi connectivity index (χ4v) is 4.64. The lowest BCUT2D eigenvalue weighted by Crippen LogP contribution is -2.41. The van der Waals surface area contributed by atoms with Crippen LogP contribution in [0.15, 0.2) is 30.3 Å². The van der Waals surface area contributed by atoms with E-state index in [0.29, 0.717) is 56.2 Å².